The van der Waals surface area contributed by atoms with E-state index < -0.39 is 21.6 Å². The van der Waals surface area contributed by atoms with Crippen LogP contribution < -0.4 is 20.4 Å². The number of benzene rings is 2. The molecule has 3 aromatic heterocycles. The van der Waals surface area contributed by atoms with Gasteiger partial charge in [0, 0.05) is 87.8 Å². The molecule has 56 heavy (non-hydrogen) atoms. The van der Waals surface area contributed by atoms with E-state index in [1.165, 1.54) is 24.3 Å². The molecule has 0 spiro atoms. The number of likely N-dealkylation sites (N-methyl/N-ethyl adjacent to an activating group) is 1. The summed E-state index contributed by atoms with van der Waals surface area (Å²) in [5, 5.41) is 6.23. The molecular formula is C38H40ClF2N11O2S2. The normalized spacial score (nSPS) is 19.0. The van der Waals surface area contributed by atoms with Crippen LogP contribution in [0.1, 0.15) is 29.7 Å². The zero-order valence-corrected chi connectivity index (χ0v) is 33.1. The fourth-order valence-corrected chi connectivity index (χ4v) is 9.96. The van der Waals surface area contributed by atoms with E-state index in [1.807, 2.05) is 6.20 Å². The Bertz CT molecular complexity index is 2310. The van der Waals surface area contributed by atoms with Crippen molar-refractivity contribution in [2.75, 3.05) is 77.8 Å². The third-order valence-electron chi connectivity index (χ3n) is 10.1. The molecule has 9 rings (SSSR count). The average Bonchev–Trinajstić information content (AvgIpc) is 3.68. The molecule has 1 saturated heterocycles. The van der Waals surface area contributed by atoms with Gasteiger partial charge in [-0.25, -0.2) is 23.7 Å². The van der Waals surface area contributed by atoms with Crippen molar-refractivity contribution in [1.29, 1.82) is 0 Å². The van der Waals surface area contributed by atoms with Crippen molar-refractivity contribution < 1.29 is 17.2 Å². The number of nitrogens with one attached hydrogen (secondary N) is 2. The fraction of sp³-hybridized carbons (Fsp3) is 0.368. The van der Waals surface area contributed by atoms with E-state index in [4.69, 9.17) is 31.5 Å². The minimum atomic E-state index is -1.16. The van der Waals surface area contributed by atoms with E-state index in [-0.39, 0.29) is 16.9 Å². The molecule has 0 saturated carbocycles. The Hall–Kier alpha value is -4.71. The lowest BCUT2D eigenvalue weighted by Crippen LogP contribution is -2.47. The maximum atomic E-state index is 13.8. The standard InChI is InChI=1S/C26H31FN8OS.C12H9ClFN3OS/c1-2-33-9-6-20-21(7-10-33)30-23(17-28-20)34-11-13-35(14-12-34)26-31-22-8-15-37(36)24(22)25(32-26)29-19-5-3-4-18(27)16-19;13-12-16-9-4-5-19(18)10(9)11(17-12)15-8-3-1-2-7(14)6-8/h3-5,16-17H,2,6-15H2,1H3,(H,29,31,32);1-3,6H,4-5H2,(H,15,16,17). The van der Waals surface area contributed by atoms with Gasteiger partial charge >= 0.3 is 0 Å². The van der Waals surface area contributed by atoms with E-state index in [1.54, 1.807) is 24.3 Å². The van der Waals surface area contributed by atoms with Gasteiger partial charge in [-0.15, -0.1) is 0 Å². The summed E-state index contributed by atoms with van der Waals surface area (Å²) in [5.41, 5.74) is 4.85. The highest BCUT2D eigenvalue weighted by Gasteiger charge is 2.30. The summed E-state index contributed by atoms with van der Waals surface area (Å²) in [6.45, 7) is 8.38. The molecule has 0 aliphatic carbocycles. The summed E-state index contributed by atoms with van der Waals surface area (Å²) in [6, 6.07) is 12.2. The van der Waals surface area contributed by atoms with Crippen LogP contribution in [0.25, 0.3) is 0 Å². The minimum absolute atomic E-state index is 0.0940. The highest BCUT2D eigenvalue weighted by atomic mass is 35.5. The first-order valence-electron chi connectivity index (χ1n) is 18.6. The number of piperazine rings is 1. The number of anilines is 6. The first-order valence-corrected chi connectivity index (χ1v) is 21.6. The Morgan fingerprint density at radius 3 is 1.86 bits per heavy atom. The number of aryl methyl sites for hydroxylation is 2. The molecule has 2 aromatic carbocycles. The zero-order valence-electron chi connectivity index (χ0n) is 30.7. The highest BCUT2D eigenvalue weighted by molar-refractivity contribution is 7.85. The lowest BCUT2D eigenvalue weighted by Gasteiger charge is -2.35. The molecule has 2 atom stereocenters. The molecule has 18 heteroatoms. The van der Waals surface area contributed by atoms with Crippen LogP contribution in [0.5, 0.6) is 0 Å². The molecule has 13 nitrogen and oxygen atoms in total. The molecular weight excluding hydrogens is 780 g/mol. The number of aromatic nitrogens is 6. The topological polar surface area (TPSA) is 145 Å². The number of nitrogens with zero attached hydrogens (tertiary/aromatic N) is 9. The quantitative estimate of drug-likeness (QED) is 0.207. The van der Waals surface area contributed by atoms with Crippen LogP contribution in [0.3, 0.4) is 0 Å². The molecule has 0 bridgehead atoms. The molecule has 7 heterocycles. The maximum absolute atomic E-state index is 13.8. The maximum Gasteiger partial charge on any atom is 0.227 e. The summed E-state index contributed by atoms with van der Waals surface area (Å²) in [5.74, 6) is 2.79. The van der Waals surface area contributed by atoms with Crippen molar-refractivity contribution in [1.82, 2.24) is 34.8 Å². The highest BCUT2D eigenvalue weighted by Crippen LogP contribution is 2.33. The monoisotopic (exact) mass is 819 g/mol. The van der Waals surface area contributed by atoms with Gasteiger partial charge in [0.15, 0.2) is 11.6 Å². The van der Waals surface area contributed by atoms with E-state index >= 15 is 0 Å². The van der Waals surface area contributed by atoms with Crippen LogP contribution in [0, 0.1) is 11.6 Å². The van der Waals surface area contributed by atoms with Crippen molar-refractivity contribution in [3.63, 3.8) is 0 Å². The zero-order chi connectivity index (χ0) is 38.8. The van der Waals surface area contributed by atoms with Crippen LogP contribution in [0.2, 0.25) is 5.28 Å². The second-order valence-electron chi connectivity index (χ2n) is 13.7. The first-order chi connectivity index (χ1) is 27.2. The average molecular weight is 820 g/mol. The molecule has 4 aliphatic heterocycles. The van der Waals surface area contributed by atoms with E-state index in [9.17, 15) is 17.2 Å². The second-order valence-corrected chi connectivity index (χ2v) is 17.0. The Kier molecular flexibility index (Phi) is 11.5. The Labute approximate surface area is 333 Å². The van der Waals surface area contributed by atoms with Gasteiger partial charge in [-0.3, -0.25) is 13.4 Å². The van der Waals surface area contributed by atoms with Crippen LogP contribution in [-0.4, -0.2) is 101 Å². The summed E-state index contributed by atoms with van der Waals surface area (Å²) in [4.78, 5) is 35.5. The van der Waals surface area contributed by atoms with E-state index in [0.717, 1.165) is 81.6 Å². The third-order valence-corrected chi connectivity index (χ3v) is 13.2. The van der Waals surface area contributed by atoms with Gasteiger partial charge in [0.2, 0.25) is 11.2 Å². The van der Waals surface area contributed by atoms with E-state index in [2.05, 4.69) is 42.2 Å². The Morgan fingerprint density at radius 1 is 0.679 bits per heavy atom. The van der Waals surface area contributed by atoms with Crippen molar-refractivity contribution in [3.8, 4) is 0 Å². The molecule has 2 unspecified atom stereocenters. The van der Waals surface area contributed by atoms with Crippen LogP contribution in [0.4, 0.5) is 43.6 Å². The molecule has 5 aromatic rings. The minimum Gasteiger partial charge on any atom is -0.352 e. The summed E-state index contributed by atoms with van der Waals surface area (Å²) < 4.78 is 51.5. The van der Waals surface area contributed by atoms with Crippen molar-refractivity contribution in [2.24, 2.45) is 0 Å². The van der Waals surface area contributed by atoms with Crippen molar-refractivity contribution in [3.05, 3.63) is 94.4 Å². The smallest absolute Gasteiger partial charge is 0.227 e. The second kappa shape index (κ2) is 16.8. The summed E-state index contributed by atoms with van der Waals surface area (Å²) in [7, 11) is -2.30. The van der Waals surface area contributed by atoms with Gasteiger partial charge in [0.25, 0.3) is 0 Å². The SMILES string of the molecule is CCN1CCc2ncc(N3CCN(c4nc5c(c(Nc6cccc(F)c6)n4)S(=O)CC5)CC3)nc2CC1.O=S1CCc2nc(Cl)nc(Nc3cccc(F)c3)c21. The Morgan fingerprint density at radius 2 is 1.25 bits per heavy atom. The lowest BCUT2D eigenvalue weighted by atomic mass is 10.2. The molecule has 1 fully saturated rings. The van der Waals surface area contributed by atoms with Gasteiger partial charge in [-0.05, 0) is 54.5 Å². The van der Waals surface area contributed by atoms with Gasteiger partial charge in [0.05, 0.1) is 50.6 Å². The van der Waals surface area contributed by atoms with Crippen molar-refractivity contribution >= 4 is 68.0 Å². The molecule has 0 radical (unpaired) electrons. The Balaban J connectivity index is 0.000000194. The first kappa shape index (κ1) is 38.2. The molecule has 2 N–H and O–H groups in total. The van der Waals surface area contributed by atoms with Gasteiger partial charge in [0.1, 0.15) is 27.2 Å². The third kappa shape index (κ3) is 8.50. The van der Waals surface area contributed by atoms with Gasteiger partial charge in [-0.2, -0.15) is 9.97 Å². The molecule has 4 aliphatic rings. The summed E-state index contributed by atoms with van der Waals surface area (Å²) in [6.07, 6.45) is 5.07. The number of halogens is 3. The predicted octanol–water partition coefficient (Wildman–Crippen LogP) is 5.24. The largest absolute Gasteiger partial charge is 0.352 e. The number of rotatable bonds is 7. The van der Waals surface area contributed by atoms with Gasteiger partial charge < -0.3 is 25.3 Å². The van der Waals surface area contributed by atoms with Crippen molar-refractivity contribution in [2.45, 2.75) is 42.4 Å². The van der Waals surface area contributed by atoms with Crippen LogP contribution in [-0.2, 0) is 47.3 Å². The van der Waals surface area contributed by atoms with Gasteiger partial charge in [-0.1, -0.05) is 19.1 Å². The number of fused-ring (bicyclic) bond motifs is 3. The lowest BCUT2D eigenvalue weighted by molar-refractivity contribution is 0.302. The van der Waals surface area contributed by atoms with Crippen LogP contribution in [0.15, 0.2) is 64.5 Å². The predicted molar refractivity (Wildman–Crippen MR) is 214 cm³/mol. The van der Waals surface area contributed by atoms with E-state index in [0.29, 0.717) is 68.8 Å². The fourth-order valence-electron chi connectivity index (χ4n) is 7.16. The number of hydrogen-bond donors (Lipinski definition) is 2. The number of hydrogen-bond acceptors (Lipinski definition) is 13. The summed E-state index contributed by atoms with van der Waals surface area (Å²) >= 11 is 5.84. The molecule has 0 amide bonds. The molecule has 292 valence electrons. The van der Waals surface area contributed by atoms with Crippen LogP contribution >= 0.6 is 11.6 Å².